The molecule has 58 heavy (non-hydrogen) atoms. The lowest BCUT2D eigenvalue weighted by molar-refractivity contribution is 0.0240. The molecule has 0 spiro atoms. The minimum absolute atomic E-state index is 0.0765. The lowest BCUT2D eigenvalue weighted by Gasteiger charge is -2.37. The molecule has 16 nitrogen and oxygen atoms in total. The Morgan fingerprint density at radius 1 is 0.810 bits per heavy atom. The number of carbonyl (C=O) groups is 4. The van der Waals surface area contributed by atoms with E-state index in [1.807, 2.05) is 84.0 Å². The van der Waals surface area contributed by atoms with Gasteiger partial charge < -0.3 is 45.4 Å². The van der Waals surface area contributed by atoms with E-state index in [0.29, 0.717) is 62.8 Å². The van der Waals surface area contributed by atoms with E-state index in [0.717, 1.165) is 28.8 Å². The summed E-state index contributed by atoms with van der Waals surface area (Å²) < 4.78 is 35.1. The van der Waals surface area contributed by atoms with Crippen LogP contribution in [-0.4, -0.2) is 124 Å². The molecule has 4 aliphatic rings. The molecule has 4 heterocycles. The number of anilines is 2. The molecule has 2 fully saturated rings. The predicted octanol–water partition coefficient (Wildman–Crippen LogP) is 4.00. The summed E-state index contributed by atoms with van der Waals surface area (Å²) in [5.41, 5.74) is 4.07. The zero-order chi connectivity index (χ0) is 41.8. The molecule has 6 rings (SSSR count). The van der Waals surface area contributed by atoms with Gasteiger partial charge in [0.25, 0.3) is 5.91 Å². The van der Waals surface area contributed by atoms with E-state index in [4.69, 9.17) is 9.47 Å². The van der Waals surface area contributed by atoms with Gasteiger partial charge in [0.1, 0.15) is 17.4 Å². The molecule has 2 saturated heterocycles. The van der Waals surface area contributed by atoms with E-state index in [2.05, 4.69) is 26.2 Å². The normalized spacial score (nSPS) is 19.3. The Kier molecular flexibility index (Phi) is 12.6. The lowest BCUT2D eigenvalue weighted by Crippen LogP contribution is -2.51. The summed E-state index contributed by atoms with van der Waals surface area (Å²) >= 11 is 0. The predicted molar refractivity (Wildman–Crippen MR) is 222 cm³/mol. The van der Waals surface area contributed by atoms with Crippen molar-refractivity contribution in [2.24, 2.45) is 0 Å². The summed E-state index contributed by atoms with van der Waals surface area (Å²) in [7, 11) is -3.18. The van der Waals surface area contributed by atoms with Gasteiger partial charge in [-0.05, 0) is 96.5 Å². The molecule has 0 radical (unpaired) electrons. The molecule has 0 bridgehead atoms. The van der Waals surface area contributed by atoms with Gasteiger partial charge in [0, 0.05) is 86.6 Å². The minimum Gasteiger partial charge on any atom is -0.444 e. The molecule has 0 aliphatic carbocycles. The van der Waals surface area contributed by atoms with Gasteiger partial charge in [0.2, 0.25) is 0 Å². The fourth-order valence-corrected chi connectivity index (χ4v) is 8.09. The van der Waals surface area contributed by atoms with Crippen LogP contribution in [0.3, 0.4) is 0 Å². The lowest BCUT2D eigenvalue weighted by atomic mass is 10.0. The fourth-order valence-electron chi connectivity index (χ4n) is 6.89. The number of benzene rings is 2. The Balaban J connectivity index is 1.14. The van der Waals surface area contributed by atoms with Crippen molar-refractivity contribution in [2.45, 2.75) is 71.9 Å². The van der Waals surface area contributed by atoms with E-state index < -0.39 is 33.3 Å². The van der Waals surface area contributed by atoms with Crippen LogP contribution in [0.1, 0.15) is 69.4 Å². The molecule has 314 valence electrons. The van der Waals surface area contributed by atoms with Crippen molar-refractivity contribution in [3.8, 4) is 0 Å². The van der Waals surface area contributed by atoms with Gasteiger partial charge in [-0.1, -0.05) is 12.1 Å². The number of hydrogen-bond acceptors (Lipinski definition) is 11. The second kappa shape index (κ2) is 17.3. The van der Waals surface area contributed by atoms with Gasteiger partial charge in [-0.25, -0.2) is 22.8 Å². The molecule has 1 unspecified atom stereocenters. The first kappa shape index (κ1) is 42.3. The van der Waals surface area contributed by atoms with Crippen molar-refractivity contribution in [1.29, 1.82) is 0 Å². The number of fused-ring (bicyclic) bond motifs is 1. The quantitative estimate of drug-likeness (QED) is 0.255. The first-order valence-corrected chi connectivity index (χ1v) is 21.6. The molecule has 17 heteroatoms. The Morgan fingerprint density at radius 2 is 1.48 bits per heavy atom. The van der Waals surface area contributed by atoms with Crippen molar-refractivity contribution >= 4 is 51.0 Å². The summed E-state index contributed by atoms with van der Waals surface area (Å²) in [6, 6.07) is 13.0. The zero-order valence-electron chi connectivity index (χ0n) is 34.2. The van der Waals surface area contributed by atoms with Crippen LogP contribution in [0.15, 0.2) is 60.3 Å². The number of carbonyl (C=O) groups excluding carboxylic acids is 4. The summed E-state index contributed by atoms with van der Waals surface area (Å²) in [6.45, 7) is 15.0. The molecule has 2 aromatic rings. The number of amides is 5. The van der Waals surface area contributed by atoms with Gasteiger partial charge in [-0.2, -0.15) is 0 Å². The third-order valence-electron chi connectivity index (χ3n) is 9.86. The van der Waals surface area contributed by atoms with Crippen LogP contribution >= 0.6 is 0 Å². The molecule has 5 amide bonds. The van der Waals surface area contributed by atoms with Crippen LogP contribution < -0.4 is 31.1 Å². The van der Waals surface area contributed by atoms with E-state index in [-0.39, 0.29) is 42.6 Å². The topological polar surface area (TPSA) is 182 Å². The Labute approximate surface area is 340 Å². The number of hydrogen-bond donors (Lipinski definition) is 4. The van der Waals surface area contributed by atoms with Crippen LogP contribution in [0.25, 0.3) is 5.70 Å². The highest BCUT2D eigenvalue weighted by Gasteiger charge is 2.33. The number of urea groups is 1. The van der Waals surface area contributed by atoms with E-state index in [1.54, 1.807) is 27.0 Å². The number of nitrogens with one attached hydrogen (secondary N) is 4. The highest BCUT2D eigenvalue weighted by Crippen LogP contribution is 2.32. The van der Waals surface area contributed by atoms with Crippen LogP contribution in [-0.2, 0) is 25.9 Å². The van der Waals surface area contributed by atoms with Crippen molar-refractivity contribution in [3.63, 3.8) is 0 Å². The van der Waals surface area contributed by atoms with Gasteiger partial charge in [-0.15, -0.1) is 0 Å². The first-order chi connectivity index (χ1) is 27.3. The maximum Gasteiger partial charge on any atom is 0.410 e. The minimum atomic E-state index is -3.18. The molecule has 4 aliphatic heterocycles. The largest absolute Gasteiger partial charge is 0.444 e. The highest BCUT2D eigenvalue weighted by atomic mass is 32.2. The van der Waals surface area contributed by atoms with Gasteiger partial charge in [0.05, 0.1) is 17.2 Å². The fraction of sp³-hybridized carbons (Fsp3) is 0.512. The number of piperazine rings is 1. The van der Waals surface area contributed by atoms with E-state index >= 15 is 0 Å². The van der Waals surface area contributed by atoms with E-state index in [9.17, 15) is 27.6 Å². The molecular weight excluding hydrogens is 765 g/mol. The van der Waals surface area contributed by atoms with Crippen LogP contribution in [0, 0.1) is 0 Å². The average molecular weight is 821 g/mol. The Morgan fingerprint density at radius 3 is 2.14 bits per heavy atom. The third-order valence-corrected chi connectivity index (χ3v) is 11.5. The molecule has 4 N–H and O–H groups in total. The molecule has 0 aromatic heterocycles. The Bertz CT molecular complexity index is 2030. The standard InChI is InChI=1S/C41H56N8O8S/c1-40(2,3)56-38(52)43-13-7-12-42-26-28-8-10-32(11-9-28)49-27-31-25-34(44-35(31)45-37(49)51)29-22-30(36(50)47-18-20-58(54,55)21-19-47)24-33(23-29)46-14-16-48(17-15-46)39(53)57-41(4,5)6/h8-11,22-25,27,35,42,44H,7,12-21,26H2,1-6H3,(H,43,52)(H,45,51). The summed E-state index contributed by atoms with van der Waals surface area (Å²) in [5, 5.41) is 12.6. The zero-order valence-corrected chi connectivity index (χ0v) is 35.0. The van der Waals surface area contributed by atoms with Gasteiger partial charge in [0.15, 0.2) is 9.84 Å². The number of nitrogens with zero attached hydrogens (tertiary/aromatic N) is 4. The molecule has 1 atom stereocenters. The monoisotopic (exact) mass is 820 g/mol. The smallest absolute Gasteiger partial charge is 0.410 e. The number of rotatable bonds is 10. The summed E-state index contributed by atoms with van der Waals surface area (Å²) in [5.74, 6) is -0.409. The third kappa shape index (κ3) is 11.2. The maximum absolute atomic E-state index is 13.9. The summed E-state index contributed by atoms with van der Waals surface area (Å²) in [6.07, 6.45) is 3.21. The number of alkyl carbamates (subject to hydrolysis) is 1. The molecule has 0 saturated carbocycles. The SMILES string of the molecule is CC(C)(C)OC(=O)NCCCNCc1ccc(N2C=C3C=C(c4cc(C(=O)N5CCS(=O)(=O)CC5)cc(N5CCN(C(=O)OC(C)(C)C)CC5)c4)NC3NC2=O)cc1. The van der Waals surface area contributed by atoms with E-state index in [1.165, 1.54) is 0 Å². The average Bonchev–Trinajstić information content (AvgIpc) is 3.57. The summed E-state index contributed by atoms with van der Waals surface area (Å²) in [4.78, 5) is 58.8. The van der Waals surface area contributed by atoms with Crippen molar-refractivity contribution in [3.05, 3.63) is 77.0 Å². The van der Waals surface area contributed by atoms with Crippen LogP contribution in [0.4, 0.5) is 25.8 Å². The van der Waals surface area contributed by atoms with Gasteiger partial charge >= 0.3 is 18.2 Å². The first-order valence-electron chi connectivity index (χ1n) is 19.8. The van der Waals surface area contributed by atoms with Crippen LogP contribution in [0.5, 0.6) is 0 Å². The Hall–Kier alpha value is -5.29. The molecule has 2 aromatic carbocycles. The maximum atomic E-state index is 13.9. The molecular formula is C41H56N8O8S. The van der Waals surface area contributed by atoms with Crippen molar-refractivity contribution in [1.82, 2.24) is 31.1 Å². The highest BCUT2D eigenvalue weighted by molar-refractivity contribution is 7.91. The van der Waals surface area contributed by atoms with Gasteiger partial charge in [-0.3, -0.25) is 9.69 Å². The second-order valence-corrected chi connectivity index (χ2v) is 19.2. The van der Waals surface area contributed by atoms with Crippen LogP contribution in [0.2, 0.25) is 0 Å². The van der Waals surface area contributed by atoms with Crippen molar-refractivity contribution in [2.75, 3.05) is 73.7 Å². The number of ether oxygens (including phenoxy) is 2. The van der Waals surface area contributed by atoms with Crippen molar-refractivity contribution < 1.29 is 37.1 Å². The number of sulfone groups is 1. The second-order valence-electron chi connectivity index (χ2n) is 16.9.